The molecular formula is C17H19ClN4O. The molecule has 6 heteroatoms. The minimum absolute atomic E-state index is 0.199. The SMILES string of the molecule is Cc1nn(C)c(C(=O)NCCc2c(C)[nH]c3ccccc23)c1Cl. The Balaban J connectivity index is 1.71. The highest BCUT2D eigenvalue weighted by Crippen LogP contribution is 2.22. The molecule has 0 aliphatic heterocycles. The number of hydrogen-bond donors (Lipinski definition) is 2. The summed E-state index contributed by atoms with van der Waals surface area (Å²) in [5.74, 6) is -0.199. The van der Waals surface area contributed by atoms with E-state index in [4.69, 9.17) is 11.6 Å². The molecule has 1 amide bonds. The van der Waals surface area contributed by atoms with Crippen LogP contribution in [0.4, 0.5) is 0 Å². The third-order valence-corrected chi connectivity index (χ3v) is 4.50. The molecule has 23 heavy (non-hydrogen) atoms. The second-order valence-electron chi connectivity index (χ2n) is 5.65. The van der Waals surface area contributed by atoms with Gasteiger partial charge in [0.2, 0.25) is 0 Å². The van der Waals surface area contributed by atoms with Gasteiger partial charge in [0, 0.05) is 30.2 Å². The first-order valence-corrected chi connectivity index (χ1v) is 7.90. The van der Waals surface area contributed by atoms with Crippen molar-refractivity contribution >= 4 is 28.4 Å². The number of fused-ring (bicyclic) bond motifs is 1. The number of para-hydroxylation sites is 1. The lowest BCUT2D eigenvalue weighted by atomic mass is 10.1. The number of carbonyl (C=O) groups is 1. The average molecular weight is 331 g/mol. The zero-order valence-electron chi connectivity index (χ0n) is 13.4. The van der Waals surface area contributed by atoms with E-state index in [1.54, 1.807) is 14.0 Å². The van der Waals surface area contributed by atoms with E-state index < -0.39 is 0 Å². The molecule has 0 aliphatic rings. The zero-order chi connectivity index (χ0) is 16.6. The highest BCUT2D eigenvalue weighted by molar-refractivity contribution is 6.34. The normalized spacial score (nSPS) is 11.1. The molecule has 0 aliphatic carbocycles. The summed E-state index contributed by atoms with van der Waals surface area (Å²) in [6.45, 7) is 4.38. The van der Waals surface area contributed by atoms with E-state index in [0.29, 0.717) is 23.0 Å². The Morgan fingerprint density at radius 3 is 2.78 bits per heavy atom. The third kappa shape index (κ3) is 2.84. The molecule has 3 aromatic rings. The maximum atomic E-state index is 12.3. The van der Waals surface area contributed by atoms with Crippen LogP contribution in [-0.2, 0) is 13.5 Å². The number of carbonyl (C=O) groups excluding carboxylic acids is 1. The number of nitrogens with zero attached hydrogens (tertiary/aromatic N) is 2. The Kier molecular flexibility index (Phi) is 4.13. The second-order valence-corrected chi connectivity index (χ2v) is 6.03. The highest BCUT2D eigenvalue weighted by Gasteiger charge is 2.18. The van der Waals surface area contributed by atoms with Crippen LogP contribution in [0.3, 0.4) is 0 Å². The number of amides is 1. The summed E-state index contributed by atoms with van der Waals surface area (Å²) < 4.78 is 1.52. The standard InChI is InChI=1S/C17H19ClN4O/c1-10-12(13-6-4-5-7-14(13)20-10)8-9-19-17(23)16-15(18)11(2)21-22(16)3/h4-7,20H,8-9H2,1-3H3,(H,19,23). The van der Waals surface area contributed by atoms with Crippen LogP contribution >= 0.6 is 11.6 Å². The number of aryl methyl sites for hydroxylation is 3. The number of rotatable bonds is 4. The Morgan fingerprint density at radius 1 is 1.35 bits per heavy atom. The van der Waals surface area contributed by atoms with Crippen molar-refractivity contribution in [3.63, 3.8) is 0 Å². The molecule has 0 radical (unpaired) electrons. The van der Waals surface area contributed by atoms with Crippen molar-refractivity contribution in [2.75, 3.05) is 6.54 Å². The van der Waals surface area contributed by atoms with Gasteiger partial charge in [-0.25, -0.2) is 0 Å². The lowest BCUT2D eigenvalue weighted by molar-refractivity contribution is 0.0945. The fourth-order valence-electron chi connectivity index (χ4n) is 2.92. The number of benzene rings is 1. The van der Waals surface area contributed by atoms with Crippen molar-refractivity contribution in [3.8, 4) is 0 Å². The average Bonchev–Trinajstić information content (AvgIpc) is 2.96. The van der Waals surface area contributed by atoms with Gasteiger partial charge < -0.3 is 10.3 Å². The third-order valence-electron chi connectivity index (χ3n) is 4.05. The van der Waals surface area contributed by atoms with Crippen molar-refractivity contribution < 1.29 is 4.79 Å². The molecule has 0 saturated carbocycles. The second kappa shape index (κ2) is 6.08. The van der Waals surface area contributed by atoms with Gasteiger partial charge >= 0.3 is 0 Å². The summed E-state index contributed by atoms with van der Waals surface area (Å²) >= 11 is 6.14. The summed E-state index contributed by atoms with van der Waals surface area (Å²) in [4.78, 5) is 15.7. The summed E-state index contributed by atoms with van der Waals surface area (Å²) in [5.41, 5.74) is 4.55. The minimum atomic E-state index is -0.199. The van der Waals surface area contributed by atoms with Gasteiger partial charge in [0.1, 0.15) is 5.69 Å². The van der Waals surface area contributed by atoms with Gasteiger partial charge in [0.15, 0.2) is 0 Å². The Hall–Kier alpha value is -2.27. The van der Waals surface area contributed by atoms with E-state index in [-0.39, 0.29) is 5.91 Å². The highest BCUT2D eigenvalue weighted by atomic mass is 35.5. The number of halogens is 1. The summed E-state index contributed by atoms with van der Waals surface area (Å²) in [5, 5.41) is 8.70. The van der Waals surface area contributed by atoms with Crippen LogP contribution in [0.25, 0.3) is 10.9 Å². The van der Waals surface area contributed by atoms with Crippen molar-refractivity contribution in [1.29, 1.82) is 0 Å². The van der Waals surface area contributed by atoms with Crippen molar-refractivity contribution in [1.82, 2.24) is 20.1 Å². The van der Waals surface area contributed by atoms with Crippen molar-refractivity contribution in [3.05, 3.63) is 51.9 Å². The van der Waals surface area contributed by atoms with Gasteiger partial charge in [0.25, 0.3) is 5.91 Å². The number of aromatic nitrogens is 3. The Labute approximate surface area is 139 Å². The van der Waals surface area contributed by atoms with Crippen LogP contribution in [0.5, 0.6) is 0 Å². The van der Waals surface area contributed by atoms with E-state index in [0.717, 1.165) is 17.6 Å². The first-order chi connectivity index (χ1) is 11.0. The predicted octanol–water partition coefficient (Wildman–Crippen LogP) is 3.14. The topological polar surface area (TPSA) is 62.7 Å². The molecular weight excluding hydrogens is 312 g/mol. The predicted molar refractivity (Wildman–Crippen MR) is 92.0 cm³/mol. The smallest absolute Gasteiger partial charge is 0.271 e. The van der Waals surface area contributed by atoms with E-state index in [1.165, 1.54) is 15.6 Å². The van der Waals surface area contributed by atoms with Crippen molar-refractivity contribution in [2.45, 2.75) is 20.3 Å². The fourth-order valence-corrected chi connectivity index (χ4v) is 3.17. The van der Waals surface area contributed by atoms with Gasteiger partial charge in [-0.3, -0.25) is 9.48 Å². The quantitative estimate of drug-likeness (QED) is 0.772. The van der Waals surface area contributed by atoms with Crippen LogP contribution < -0.4 is 5.32 Å². The lowest BCUT2D eigenvalue weighted by Crippen LogP contribution is -2.28. The monoisotopic (exact) mass is 330 g/mol. The molecule has 0 fully saturated rings. The van der Waals surface area contributed by atoms with Gasteiger partial charge in [-0.1, -0.05) is 29.8 Å². The van der Waals surface area contributed by atoms with Gasteiger partial charge in [-0.15, -0.1) is 0 Å². The summed E-state index contributed by atoms with van der Waals surface area (Å²) in [7, 11) is 1.72. The van der Waals surface area contributed by atoms with Crippen LogP contribution in [0, 0.1) is 13.8 Å². The molecule has 2 heterocycles. The van der Waals surface area contributed by atoms with Crippen molar-refractivity contribution in [2.24, 2.45) is 7.05 Å². The molecule has 0 saturated heterocycles. The Morgan fingerprint density at radius 2 is 2.09 bits per heavy atom. The van der Waals surface area contributed by atoms with Gasteiger partial charge in [0.05, 0.1) is 10.7 Å². The van der Waals surface area contributed by atoms with E-state index in [2.05, 4.69) is 34.5 Å². The van der Waals surface area contributed by atoms with Gasteiger partial charge in [-0.05, 0) is 31.9 Å². The molecule has 0 atom stereocenters. The maximum Gasteiger partial charge on any atom is 0.271 e. The van der Waals surface area contributed by atoms with Crippen LogP contribution in [0.1, 0.15) is 27.4 Å². The molecule has 0 bridgehead atoms. The molecule has 0 unspecified atom stereocenters. The number of hydrogen-bond acceptors (Lipinski definition) is 2. The molecule has 3 rings (SSSR count). The summed E-state index contributed by atoms with van der Waals surface area (Å²) in [6, 6.07) is 8.19. The molecule has 2 aromatic heterocycles. The number of aromatic amines is 1. The van der Waals surface area contributed by atoms with Crippen LogP contribution in [0.15, 0.2) is 24.3 Å². The number of H-pyrrole nitrogens is 1. The summed E-state index contributed by atoms with van der Waals surface area (Å²) in [6.07, 6.45) is 0.760. The van der Waals surface area contributed by atoms with Gasteiger partial charge in [-0.2, -0.15) is 5.10 Å². The largest absolute Gasteiger partial charge is 0.358 e. The zero-order valence-corrected chi connectivity index (χ0v) is 14.2. The molecule has 0 spiro atoms. The lowest BCUT2D eigenvalue weighted by Gasteiger charge is -2.06. The fraction of sp³-hybridized carbons (Fsp3) is 0.294. The van der Waals surface area contributed by atoms with E-state index in [1.807, 2.05) is 12.1 Å². The first-order valence-electron chi connectivity index (χ1n) is 7.52. The van der Waals surface area contributed by atoms with Crippen LogP contribution in [-0.4, -0.2) is 27.2 Å². The van der Waals surface area contributed by atoms with Crippen LogP contribution in [0.2, 0.25) is 5.02 Å². The Bertz CT molecular complexity index is 878. The van der Waals surface area contributed by atoms with E-state index in [9.17, 15) is 4.79 Å². The number of nitrogens with one attached hydrogen (secondary N) is 2. The first kappa shape index (κ1) is 15.6. The van der Waals surface area contributed by atoms with E-state index >= 15 is 0 Å². The molecule has 120 valence electrons. The molecule has 1 aromatic carbocycles. The maximum absolute atomic E-state index is 12.3. The molecule has 5 nitrogen and oxygen atoms in total. The molecule has 2 N–H and O–H groups in total. The minimum Gasteiger partial charge on any atom is -0.358 e.